The number of thioether (sulfide) groups is 1. The van der Waals surface area contributed by atoms with Crippen molar-refractivity contribution >= 4 is 28.3 Å². The lowest BCUT2D eigenvalue weighted by atomic mass is 9.94. The molecular weight excluding hydrogens is 350 g/mol. The average Bonchev–Trinajstić information content (AvgIpc) is 3.09. The summed E-state index contributed by atoms with van der Waals surface area (Å²) in [5.41, 5.74) is 4.78. The molecular formula is C24H21NOS. The fraction of sp³-hybridized carbons (Fsp3) is 0.125. The molecule has 0 aliphatic carbocycles. The highest BCUT2D eigenvalue weighted by Gasteiger charge is 2.18. The second kappa shape index (κ2) is 7.45. The molecule has 0 saturated carbocycles. The van der Waals surface area contributed by atoms with Crippen molar-refractivity contribution < 1.29 is 4.79 Å². The van der Waals surface area contributed by atoms with E-state index >= 15 is 0 Å². The summed E-state index contributed by atoms with van der Waals surface area (Å²) < 4.78 is 1.96. The van der Waals surface area contributed by atoms with E-state index in [-0.39, 0.29) is 5.78 Å². The molecule has 4 rings (SSSR count). The van der Waals surface area contributed by atoms with Crippen LogP contribution in [-0.2, 0) is 12.8 Å². The van der Waals surface area contributed by atoms with Gasteiger partial charge in [0.25, 0.3) is 0 Å². The van der Waals surface area contributed by atoms with Crippen LogP contribution in [0.5, 0.6) is 0 Å². The number of hydrogen-bond acceptors (Lipinski definition) is 2. The smallest absolute Gasteiger partial charge is 0.195 e. The zero-order valence-corrected chi connectivity index (χ0v) is 16.3. The fourth-order valence-corrected chi connectivity index (χ4v) is 4.04. The minimum atomic E-state index is 0.0641. The van der Waals surface area contributed by atoms with E-state index in [0.29, 0.717) is 0 Å². The van der Waals surface area contributed by atoms with Gasteiger partial charge in [-0.05, 0) is 28.2 Å². The van der Waals surface area contributed by atoms with Crippen LogP contribution in [0, 0.1) is 0 Å². The zero-order chi connectivity index (χ0) is 18.8. The van der Waals surface area contributed by atoms with Crippen LogP contribution in [0.4, 0.5) is 0 Å². The van der Waals surface area contributed by atoms with Crippen LogP contribution >= 0.6 is 11.8 Å². The number of benzene rings is 3. The summed E-state index contributed by atoms with van der Waals surface area (Å²) in [7, 11) is 1.97. The molecule has 0 radical (unpaired) electrons. The molecule has 1 heterocycles. The van der Waals surface area contributed by atoms with E-state index in [2.05, 4.69) is 36.6 Å². The molecule has 0 aliphatic rings. The molecule has 4 aromatic rings. The Morgan fingerprint density at radius 3 is 2.41 bits per heavy atom. The quantitative estimate of drug-likeness (QED) is 0.405. The largest absolute Gasteiger partial charge is 0.356 e. The number of ketones is 1. The molecule has 27 heavy (non-hydrogen) atoms. The number of rotatable bonds is 5. The van der Waals surface area contributed by atoms with E-state index in [9.17, 15) is 4.79 Å². The van der Waals surface area contributed by atoms with Gasteiger partial charge in [0.15, 0.2) is 5.78 Å². The van der Waals surface area contributed by atoms with Crippen LogP contribution in [0.2, 0.25) is 0 Å². The molecule has 1 aromatic heterocycles. The number of carbonyl (C=O) groups is 1. The molecule has 3 heteroatoms. The second-order valence-corrected chi connectivity index (χ2v) is 7.60. The zero-order valence-electron chi connectivity index (χ0n) is 15.5. The maximum atomic E-state index is 13.2. The first-order valence-electron chi connectivity index (χ1n) is 8.94. The van der Waals surface area contributed by atoms with Crippen LogP contribution in [0.25, 0.3) is 21.9 Å². The Labute approximate surface area is 163 Å². The van der Waals surface area contributed by atoms with Crippen molar-refractivity contribution in [3.05, 3.63) is 95.8 Å². The summed E-state index contributed by atoms with van der Waals surface area (Å²) in [5, 5.41) is 2.34. The van der Waals surface area contributed by atoms with Gasteiger partial charge in [-0.1, -0.05) is 66.7 Å². The summed E-state index contributed by atoms with van der Waals surface area (Å²) in [5.74, 6) is 1.02. The van der Waals surface area contributed by atoms with E-state index in [1.54, 1.807) is 11.8 Å². The van der Waals surface area contributed by atoms with Gasteiger partial charge in [-0.25, -0.2) is 0 Å². The minimum absolute atomic E-state index is 0.0641. The maximum absolute atomic E-state index is 13.2. The summed E-state index contributed by atoms with van der Waals surface area (Å²) in [6.07, 6.45) is 6.05. The topological polar surface area (TPSA) is 22.0 Å². The van der Waals surface area contributed by atoms with Crippen molar-refractivity contribution in [2.24, 2.45) is 7.05 Å². The first-order chi connectivity index (χ1) is 13.2. The van der Waals surface area contributed by atoms with Gasteiger partial charge in [-0.3, -0.25) is 4.79 Å². The van der Waals surface area contributed by atoms with E-state index in [1.165, 1.54) is 10.9 Å². The Morgan fingerprint density at radius 1 is 0.889 bits per heavy atom. The molecule has 0 unspecified atom stereocenters. The van der Waals surface area contributed by atoms with Crippen molar-refractivity contribution in [3.8, 4) is 11.1 Å². The summed E-state index contributed by atoms with van der Waals surface area (Å²) in [6.45, 7) is 0. The standard InChI is InChI=1S/C24H21NOS/c1-25-14-22(21-9-5-7-18-6-3-4-8-20(18)21)23(15-25)24(26)19-12-10-17(11-13-19)16-27-2/h3-15H,16H2,1-2H3. The van der Waals surface area contributed by atoms with Crippen LogP contribution in [-0.4, -0.2) is 16.6 Å². The molecule has 0 atom stereocenters. The fourth-order valence-electron chi connectivity index (χ4n) is 3.51. The highest BCUT2D eigenvalue weighted by molar-refractivity contribution is 7.97. The lowest BCUT2D eigenvalue weighted by Crippen LogP contribution is -2.02. The SMILES string of the molecule is CSCc1ccc(C(=O)c2cn(C)cc2-c2cccc3ccccc23)cc1. The van der Waals surface area contributed by atoms with E-state index < -0.39 is 0 Å². The second-order valence-electron chi connectivity index (χ2n) is 6.74. The van der Waals surface area contributed by atoms with E-state index in [0.717, 1.165) is 33.4 Å². The lowest BCUT2D eigenvalue weighted by Gasteiger charge is -2.08. The molecule has 0 amide bonds. The number of aromatic nitrogens is 1. The number of hydrogen-bond donors (Lipinski definition) is 0. The first kappa shape index (κ1) is 17.6. The Balaban J connectivity index is 1.80. The van der Waals surface area contributed by atoms with Crippen molar-refractivity contribution in [1.82, 2.24) is 4.57 Å². The lowest BCUT2D eigenvalue weighted by molar-refractivity contribution is 0.103. The third kappa shape index (κ3) is 3.43. The van der Waals surface area contributed by atoms with Gasteiger partial charge >= 0.3 is 0 Å². The Bertz CT molecular complexity index is 1100. The first-order valence-corrected chi connectivity index (χ1v) is 10.3. The Kier molecular flexibility index (Phi) is 4.87. The molecule has 0 saturated heterocycles. The Hall–Kier alpha value is -2.78. The van der Waals surface area contributed by atoms with Crippen molar-refractivity contribution in [3.63, 3.8) is 0 Å². The highest BCUT2D eigenvalue weighted by Crippen LogP contribution is 2.32. The third-order valence-electron chi connectivity index (χ3n) is 4.81. The summed E-state index contributed by atoms with van der Waals surface area (Å²) >= 11 is 1.78. The molecule has 0 bridgehead atoms. The maximum Gasteiger partial charge on any atom is 0.195 e. The number of fused-ring (bicyclic) bond motifs is 1. The number of carbonyl (C=O) groups excluding carboxylic acids is 1. The van der Waals surface area contributed by atoms with Crippen molar-refractivity contribution in [2.45, 2.75) is 5.75 Å². The predicted molar refractivity (Wildman–Crippen MR) is 115 cm³/mol. The van der Waals surface area contributed by atoms with Gasteiger partial charge in [0.2, 0.25) is 0 Å². The van der Waals surface area contributed by atoms with Gasteiger partial charge in [0.05, 0.1) is 0 Å². The van der Waals surface area contributed by atoms with Crippen molar-refractivity contribution in [1.29, 1.82) is 0 Å². The normalized spacial score (nSPS) is 11.0. The number of nitrogens with zero attached hydrogens (tertiary/aromatic N) is 1. The van der Waals surface area contributed by atoms with Gasteiger partial charge in [0.1, 0.15) is 0 Å². The van der Waals surface area contributed by atoms with E-state index in [4.69, 9.17) is 0 Å². The van der Waals surface area contributed by atoms with Gasteiger partial charge in [0, 0.05) is 41.9 Å². The van der Waals surface area contributed by atoms with Crippen LogP contribution in [0.3, 0.4) is 0 Å². The van der Waals surface area contributed by atoms with Crippen LogP contribution in [0.1, 0.15) is 21.5 Å². The van der Waals surface area contributed by atoms with Crippen LogP contribution < -0.4 is 0 Å². The summed E-state index contributed by atoms with van der Waals surface area (Å²) in [6, 6.07) is 22.5. The molecule has 0 N–H and O–H groups in total. The molecule has 2 nitrogen and oxygen atoms in total. The Morgan fingerprint density at radius 2 is 1.63 bits per heavy atom. The predicted octanol–water partition coefficient (Wildman–Crippen LogP) is 5.94. The van der Waals surface area contributed by atoms with Gasteiger partial charge in [-0.2, -0.15) is 11.8 Å². The molecule has 134 valence electrons. The summed E-state index contributed by atoms with van der Waals surface area (Å²) in [4.78, 5) is 13.2. The van der Waals surface area contributed by atoms with E-state index in [1.807, 2.05) is 60.4 Å². The molecule has 3 aromatic carbocycles. The van der Waals surface area contributed by atoms with Gasteiger partial charge < -0.3 is 4.57 Å². The number of aryl methyl sites for hydroxylation is 1. The molecule has 0 aliphatic heterocycles. The highest BCUT2D eigenvalue weighted by atomic mass is 32.2. The third-order valence-corrected chi connectivity index (χ3v) is 5.43. The van der Waals surface area contributed by atoms with Crippen LogP contribution in [0.15, 0.2) is 79.1 Å². The van der Waals surface area contributed by atoms with Crippen molar-refractivity contribution in [2.75, 3.05) is 6.26 Å². The van der Waals surface area contributed by atoms with Gasteiger partial charge in [-0.15, -0.1) is 0 Å². The monoisotopic (exact) mass is 371 g/mol. The molecule has 0 spiro atoms. The minimum Gasteiger partial charge on any atom is -0.356 e. The average molecular weight is 372 g/mol. The molecule has 0 fully saturated rings.